The molecule has 2 rings (SSSR count). The molecule has 0 radical (unpaired) electrons. The number of rotatable bonds is 3. The van der Waals surface area contributed by atoms with Gasteiger partial charge in [0.1, 0.15) is 0 Å². The summed E-state index contributed by atoms with van der Waals surface area (Å²) in [5, 5.41) is 3.67. The number of hydrogen-bond donors (Lipinski definition) is 1. The predicted molar refractivity (Wildman–Crippen MR) is 77.8 cm³/mol. The van der Waals surface area contributed by atoms with Crippen molar-refractivity contribution < 1.29 is 4.79 Å². The second-order valence-electron chi connectivity index (χ2n) is 4.15. The fourth-order valence-corrected chi connectivity index (χ4v) is 2.16. The van der Waals surface area contributed by atoms with Gasteiger partial charge >= 0.3 is 0 Å². The molecule has 19 heavy (non-hydrogen) atoms. The zero-order valence-electron chi connectivity index (χ0n) is 10.3. The third-order valence-electron chi connectivity index (χ3n) is 2.63. The highest BCUT2D eigenvalue weighted by atomic mass is 35.5. The molecule has 0 aliphatic rings. The average molecular weight is 295 g/mol. The minimum Gasteiger partial charge on any atom is -0.323 e. The van der Waals surface area contributed by atoms with Gasteiger partial charge in [-0.25, -0.2) is 4.98 Å². The summed E-state index contributed by atoms with van der Waals surface area (Å²) in [6.45, 7) is 1.86. The van der Waals surface area contributed by atoms with Gasteiger partial charge in [0.05, 0.1) is 12.1 Å². The maximum atomic E-state index is 12.0. The van der Waals surface area contributed by atoms with E-state index in [1.165, 1.54) is 0 Å². The van der Waals surface area contributed by atoms with Crippen LogP contribution in [0.25, 0.3) is 0 Å². The standard InChI is InChI=1S/C14H12Cl2N2O/c1-9-5-6-17-14(16)13(9)18-12(19)8-10-3-2-4-11(15)7-10/h2-7H,8H2,1H3,(H,18,19). The summed E-state index contributed by atoms with van der Waals surface area (Å²) in [5.74, 6) is -0.153. The fraction of sp³-hybridized carbons (Fsp3) is 0.143. The Bertz CT molecular complexity index is 594. The summed E-state index contributed by atoms with van der Waals surface area (Å²) < 4.78 is 0. The van der Waals surface area contributed by atoms with Crippen LogP contribution in [0, 0.1) is 6.92 Å². The molecule has 0 aliphatic carbocycles. The second-order valence-corrected chi connectivity index (χ2v) is 4.94. The van der Waals surface area contributed by atoms with E-state index in [4.69, 9.17) is 23.2 Å². The molecule has 5 heteroatoms. The van der Waals surface area contributed by atoms with Gasteiger partial charge in [-0.3, -0.25) is 4.79 Å². The monoisotopic (exact) mass is 294 g/mol. The van der Waals surface area contributed by atoms with Crippen LogP contribution in [0.15, 0.2) is 36.5 Å². The van der Waals surface area contributed by atoms with E-state index in [1.54, 1.807) is 24.4 Å². The maximum Gasteiger partial charge on any atom is 0.228 e. The van der Waals surface area contributed by atoms with Crippen molar-refractivity contribution in [2.45, 2.75) is 13.3 Å². The minimum atomic E-state index is -0.153. The van der Waals surface area contributed by atoms with Crippen LogP contribution in [0.2, 0.25) is 10.2 Å². The van der Waals surface area contributed by atoms with Gasteiger partial charge in [0.2, 0.25) is 5.91 Å². The first-order valence-corrected chi connectivity index (χ1v) is 6.47. The summed E-state index contributed by atoms with van der Waals surface area (Å²) in [6, 6.07) is 8.99. The molecule has 1 amide bonds. The van der Waals surface area contributed by atoms with Crippen LogP contribution in [0.3, 0.4) is 0 Å². The molecule has 0 unspecified atom stereocenters. The van der Waals surface area contributed by atoms with E-state index in [9.17, 15) is 4.79 Å². The van der Waals surface area contributed by atoms with Gasteiger partial charge < -0.3 is 5.32 Å². The smallest absolute Gasteiger partial charge is 0.228 e. The third-order valence-corrected chi connectivity index (χ3v) is 3.15. The van der Waals surface area contributed by atoms with Crippen LogP contribution in [-0.4, -0.2) is 10.9 Å². The van der Waals surface area contributed by atoms with Crippen LogP contribution in [-0.2, 0) is 11.2 Å². The number of nitrogens with zero attached hydrogens (tertiary/aromatic N) is 1. The summed E-state index contributed by atoms with van der Waals surface area (Å²) in [6.07, 6.45) is 1.84. The van der Waals surface area contributed by atoms with Crippen molar-refractivity contribution in [3.8, 4) is 0 Å². The average Bonchev–Trinajstić information content (AvgIpc) is 2.34. The van der Waals surface area contributed by atoms with Crippen molar-refractivity contribution in [2.75, 3.05) is 5.32 Å². The molecule has 1 aromatic carbocycles. The van der Waals surface area contributed by atoms with Crippen LogP contribution >= 0.6 is 23.2 Å². The van der Waals surface area contributed by atoms with Gasteiger partial charge in [-0.2, -0.15) is 0 Å². The van der Waals surface area contributed by atoms with E-state index in [0.29, 0.717) is 15.9 Å². The third kappa shape index (κ3) is 3.69. The van der Waals surface area contributed by atoms with Crippen molar-refractivity contribution >= 4 is 34.8 Å². The molecule has 3 nitrogen and oxygen atoms in total. The molecule has 1 heterocycles. The van der Waals surface area contributed by atoms with Gasteiger partial charge in [-0.05, 0) is 36.2 Å². The van der Waals surface area contributed by atoms with Crippen molar-refractivity contribution in [3.05, 3.63) is 57.8 Å². The van der Waals surface area contributed by atoms with Crippen LogP contribution in [0.1, 0.15) is 11.1 Å². The number of amides is 1. The lowest BCUT2D eigenvalue weighted by atomic mass is 10.1. The highest BCUT2D eigenvalue weighted by Gasteiger charge is 2.10. The zero-order chi connectivity index (χ0) is 13.8. The van der Waals surface area contributed by atoms with Crippen LogP contribution in [0.4, 0.5) is 5.69 Å². The molecule has 2 aromatic rings. The Balaban J connectivity index is 2.10. The number of aromatic nitrogens is 1. The number of nitrogens with one attached hydrogen (secondary N) is 1. The molecule has 0 saturated carbocycles. The molecular formula is C14H12Cl2N2O. The number of aryl methyl sites for hydroxylation is 1. The number of halogens is 2. The Labute approximate surface area is 121 Å². The maximum absolute atomic E-state index is 12.0. The van der Waals surface area contributed by atoms with E-state index >= 15 is 0 Å². The van der Waals surface area contributed by atoms with Gasteiger partial charge in [0.25, 0.3) is 0 Å². The molecule has 0 aliphatic heterocycles. The lowest BCUT2D eigenvalue weighted by Gasteiger charge is -2.09. The quantitative estimate of drug-likeness (QED) is 0.873. The molecule has 1 N–H and O–H groups in total. The lowest BCUT2D eigenvalue weighted by Crippen LogP contribution is -2.15. The Kier molecular flexibility index (Phi) is 4.40. The normalized spacial score (nSPS) is 10.3. The number of anilines is 1. The number of pyridine rings is 1. The van der Waals surface area contributed by atoms with Crippen molar-refractivity contribution in [2.24, 2.45) is 0 Å². The van der Waals surface area contributed by atoms with Crippen LogP contribution < -0.4 is 5.32 Å². The van der Waals surface area contributed by atoms with Gasteiger partial charge in [-0.1, -0.05) is 35.3 Å². The Hall–Kier alpha value is -1.58. The number of carbonyl (C=O) groups excluding carboxylic acids is 1. The van der Waals surface area contributed by atoms with E-state index in [0.717, 1.165) is 11.1 Å². The molecule has 0 fully saturated rings. The molecular weight excluding hydrogens is 283 g/mol. The fourth-order valence-electron chi connectivity index (χ4n) is 1.69. The topological polar surface area (TPSA) is 42.0 Å². The molecule has 0 spiro atoms. The first kappa shape index (κ1) is 13.8. The Morgan fingerprint density at radius 2 is 2.11 bits per heavy atom. The Morgan fingerprint density at radius 1 is 1.32 bits per heavy atom. The van der Waals surface area contributed by atoms with E-state index in [2.05, 4.69) is 10.3 Å². The van der Waals surface area contributed by atoms with Gasteiger partial charge in [0, 0.05) is 11.2 Å². The Morgan fingerprint density at radius 3 is 2.79 bits per heavy atom. The molecule has 98 valence electrons. The number of carbonyl (C=O) groups is 1. The van der Waals surface area contributed by atoms with Crippen molar-refractivity contribution in [1.29, 1.82) is 0 Å². The first-order chi connectivity index (χ1) is 9.06. The second kappa shape index (κ2) is 6.04. The largest absolute Gasteiger partial charge is 0.323 e. The highest BCUT2D eigenvalue weighted by molar-refractivity contribution is 6.32. The molecule has 0 saturated heterocycles. The van der Waals surface area contributed by atoms with E-state index in [1.807, 2.05) is 19.1 Å². The van der Waals surface area contributed by atoms with Crippen molar-refractivity contribution in [1.82, 2.24) is 4.98 Å². The zero-order valence-corrected chi connectivity index (χ0v) is 11.8. The number of benzene rings is 1. The molecule has 0 bridgehead atoms. The summed E-state index contributed by atoms with van der Waals surface area (Å²) >= 11 is 11.8. The number of hydrogen-bond acceptors (Lipinski definition) is 2. The van der Waals surface area contributed by atoms with Crippen molar-refractivity contribution in [3.63, 3.8) is 0 Å². The van der Waals surface area contributed by atoms with Gasteiger partial charge in [0.15, 0.2) is 5.15 Å². The predicted octanol–water partition coefficient (Wildman–Crippen LogP) is 3.88. The summed E-state index contributed by atoms with van der Waals surface area (Å²) in [5.41, 5.74) is 2.28. The van der Waals surface area contributed by atoms with Gasteiger partial charge in [-0.15, -0.1) is 0 Å². The first-order valence-electron chi connectivity index (χ1n) is 5.71. The molecule has 0 atom stereocenters. The summed E-state index contributed by atoms with van der Waals surface area (Å²) in [4.78, 5) is 15.9. The lowest BCUT2D eigenvalue weighted by molar-refractivity contribution is -0.115. The van der Waals surface area contributed by atoms with E-state index in [-0.39, 0.29) is 12.3 Å². The van der Waals surface area contributed by atoms with Crippen LogP contribution in [0.5, 0.6) is 0 Å². The minimum absolute atomic E-state index is 0.153. The highest BCUT2D eigenvalue weighted by Crippen LogP contribution is 2.23. The molecule has 1 aromatic heterocycles. The summed E-state index contributed by atoms with van der Waals surface area (Å²) in [7, 11) is 0. The SMILES string of the molecule is Cc1ccnc(Cl)c1NC(=O)Cc1cccc(Cl)c1. The van der Waals surface area contributed by atoms with E-state index < -0.39 is 0 Å².